The van der Waals surface area contributed by atoms with E-state index in [1.54, 1.807) is 29.2 Å². The minimum absolute atomic E-state index is 0.0214. The van der Waals surface area contributed by atoms with Gasteiger partial charge in [0.2, 0.25) is 17.7 Å². The summed E-state index contributed by atoms with van der Waals surface area (Å²) in [7, 11) is 0. The SMILES string of the molecule is CC.O=C(NC(C(=O)N1CCN(CC2CCN(CC(=O)N3CCN(C(=O)c4cc(Cc5n[nH]c(=O)c6ccccc56)ccc4F)CC3)CC2)CC1)C1CCCCC1)c1cccc(C2CCCN(C(=O)CNC3CC3)C2)c1. The number of benzene rings is 3. The Hall–Kier alpha value is -6.04. The molecule has 5 amide bonds. The van der Waals surface area contributed by atoms with E-state index in [1.165, 1.54) is 6.07 Å². The average molecular weight is 1040 g/mol. The van der Waals surface area contributed by atoms with Crippen LogP contribution < -0.4 is 16.2 Å². The van der Waals surface area contributed by atoms with Crippen molar-refractivity contribution in [2.75, 3.05) is 98.2 Å². The van der Waals surface area contributed by atoms with Gasteiger partial charge >= 0.3 is 0 Å². The minimum Gasteiger partial charge on any atom is -0.341 e. The van der Waals surface area contributed by atoms with E-state index in [4.69, 9.17) is 0 Å². The Morgan fingerprint density at radius 3 is 2.13 bits per heavy atom. The first kappa shape index (κ1) is 54.7. The number of nitrogens with zero attached hydrogens (tertiary/aromatic N) is 7. The number of carbonyl (C=O) groups is 5. The summed E-state index contributed by atoms with van der Waals surface area (Å²) in [6, 6.07) is 19.4. The Morgan fingerprint density at radius 1 is 0.684 bits per heavy atom. The van der Waals surface area contributed by atoms with Crippen molar-refractivity contribution < 1.29 is 28.4 Å². The van der Waals surface area contributed by atoms with E-state index in [0.717, 1.165) is 115 Å². The van der Waals surface area contributed by atoms with E-state index in [-0.39, 0.29) is 46.6 Å². The third kappa shape index (κ3) is 13.7. The van der Waals surface area contributed by atoms with Gasteiger partial charge in [-0.05, 0) is 118 Å². The maximum absolute atomic E-state index is 15.1. The third-order valence-corrected chi connectivity index (χ3v) is 16.8. The van der Waals surface area contributed by atoms with Crippen LogP contribution >= 0.6 is 0 Å². The Morgan fingerprint density at radius 2 is 1.39 bits per heavy atom. The number of hydrogen-bond acceptors (Lipinski definition) is 10. The number of aromatic nitrogens is 2. The van der Waals surface area contributed by atoms with E-state index in [2.05, 4.69) is 36.7 Å². The van der Waals surface area contributed by atoms with Crippen LogP contribution in [0.4, 0.5) is 4.39 Å². The summed E-state index contributed by atoms with van der Waals surface area (Å²) in [5, 5.41) is 14.6. The molecule has 0 spiro atoms. The largest absolute Gasteiger partial charge is 0.341 e. The smallest absolute Gasteiger partial charge is 0.272 e. The van der Waals surface area contributed by atoms with Crippen LogP contribution in [0.2, 0.25) is 0 Å². The molecule has 2 saturated carbocycles. The molecule has 16 nitrogen and oxygen atoms in total. The lowest BCUT2D eigenvalue weighted by Gasteiger charge is -2.41. The molecule has 6 fully saturated rings. The number of aromatic amines is 1. The number of likely N-dealkylation sites (tertiary alicyclic amines) is 2. The molecule has 4 saturated heterocycles. The van der Waals surface area contributed by atoms with Crippen molar-refractivity contribution in [3.8, 4) is 0 Å². The summed E-state index contributed by atoms with van der Waals surface area (Å²) >= 11 is 0. The number of piperidine rings is 2. The zero-order valence-electron chi connectivity index (χ0n) is 44.8. The summed E-state index contributed by atoms with van der Waals surface area (Å²) in [6.45, 7) is 13.0. The van der Waals surface area contributed by atoms with Crippen molar-refractivity contribution in [2.24, 2.45) is 11.8 Å². The van der Waals surface area contributed by atoms with Crippen molar-refractivity contribution >= 4 is 40.3 Å². The van der Waals surface area contributed by atoms with Crippen LogP contribution in [-0.4, -0.2) is 179 Å². The fourth-order valence-corrected chi connectivity index (χ4v) is 12.1. The summed E-state index contributed by atoms with van der Waals surface area (Å²) in [6.07, 6.45) is 11.6. The molecule has 408 valence electrons. The van der Waals surface area contributed by atoms with Crippen LogP contribution in [-0.2, 0) is 20.8 Å². The van der Waals surface area contributed by atoms with Gasteiger partial charge in [0.25, 0.3) is 17.4 Å². The van der Waals surface area contributed by atoms with Crippen LogP contribution in [0.15, 0.2) is 71.5 Å². The van der Waals surface area contributed by atoms with Crippen LogP contribution in [0.3, 0.4) is 0 Å². The van der Waals surface area contributed by atoms with Crippen molar-refractivity contribution in [3.05, 3.63) is 111 Å². The molecule has 76 heavy (non-hydrogen) atoms. The molecular formula is C59H79FN10O6. The highest BCUT2D eigenvalue weighted by Crippen LogP contribution is 2.31. The highest BCUT2D eigenvalue weighted by Gasteiger charge is 2.37. The minimum atomic E-state index is -0.605. The van der Waals surface area contributed by atoms with Crippen molar-refractivity contribution in [3.63, 3.8) is 0 Å². The molecule has 2 atom stereocenters. The standard InChI is InChI=1S/C57H73FN10O6.C2H6/c58-49-18-15-40(33-50-46-13-4-5-14-47(46)55(72)62-61-50)32-48(49)56(73)66-30-28-65(29-31-66)52(70)38-63-22-19-39(20-23-63)36-64-24-26-67(27-25-64)57(74)53(41-8-2-1-3-9-41)60-54(71)43-11-6-10-42(34-43)44-12-7-21-68(37-44)51(69)35-59-45-16-17-45;1-2/h4-6,10-11,13-15,18,32,34,39,41,44-45,53,59H,1-3,7-9,12,16-17,19-31,33,35-38H2,(H,60,71)(H,62,72);1-2H3. The topological polar surface area (TPSA) is 175 Å². The fourth-order valence-electron chi connectivity index (χ4n) is 12.1. The molecule has 0 bridgehead atoms. The van der Waals surface area contributed by atoms with Gasteiger partial charge in [-0.15, -0.1) is 0 Å². The maximum atomic E-state index is 15.1. The predicted molar refractivity (Wildman–Crippen MR) is 291 cm³/mol. The summed E-state index contributed by atoms with van der Waals surface area (Å²) in [4.78, 5) is 92.9. The lowest BCUT2D eigenvalue weighted by molar-refractivity contribution is -0.137. The first-order chi connectivity index (χ1) is 37.0. The van der Waals surface area contributed by atoms with E-state index < -0.39 is 17.8 Å². The molecular weight excluding hydrogens is 964 g/mol. The van der Waals surface area contributed by atoms with Crippen LogP contribution in [0.5, 0.6) is 0 Å². The van der Waals surface area contributed by atoms with Gasteiger partial charge in [-0.2, -0.15) is 5.10 Å². The molecule has 4 aliphatic heterocycles. The molecule has 2 unspecified atom stereocenters. The fraction of sp³-hybridized carbons (Fsp3) is 0.576. The molecule has 3 N–H and O–H groups in total. The van der Waals surface area contributed by atoms with Crippen molar-refractivity contribution in [1.82, 2.24) is 50.2 Å². The highest BCUT2D eigenvalue weighted by molar-refractivity contribution is 5.98. The molecule has 10 rings (SSSR count). The zero-order chi connectivity index (χ0) is 53.1. The Bertz CT molecular complexity index is 2720. The van der Waals surface area contributed by atoms with Gasteiger partial charge in [0.05, 0.1) is 29.7 Å². The van der Waals surface area contributed by atoms with E-state index >= 15 is 4.39 Å². The van der Waals surface area contributed by atoms with Gasteiger partial charge in [-0.25, -0.2) is 9.49 Å². The normalized spacial score (nSPS) is 20.7. The summed E-state index contributed by atoms with van der Waals surface area (Å²) in [5.74, 6) is -0.239. The molecule has 6 aliphatic rings. The lowest BCUT2D eigenvalue weighted by atomic mass is 9.83. The number of fused-ring (bicyclic) bond motifs is 1. The molecule has 3 aromatic carbocycles. The number of hydrogen-bond donors (Lipinski definition) is 3. The molecule has 1 aromatic heterocycles. The number of H-pyrrole nitrogens is 1. The number of amides is 5. The van der Waals surface area contributed by atoms with Crippen LogP contribution in [0, 0.1) is 17.7 Å². The Labute approximate surface area is 447 Å². The quantitative estimate of drug-likeness (QED) is 0.135. The molecule has 4 aromatic rings. The molecule has 17 heteroatoms. The number of nitrogens with one attached hydrogen (secondary N) is 3. The van der Waals surface area contributed by atoms with Crippen molar-refractivity contribution in [1.29, 1.82) is 0 Å². The average Bonchev–Trinajstić information content (AvgIpc) is 4.32. The number of carbonyl (C=O) groups excluding carboxylic acids is 5. The Kier molecular flexibility index (Phi) is 18.6. The number of piperazine rings is 2. The monoisotopic (exact) mass is 1040 g/mol. The first-order valence-corrected chi connectivity index (χ1v) is 28.5. The summed E-state index contributed by atoms with van der Waals surface area (Å²) < 4.78 is 15.1. The Balaban J connectivity index is 0.00000349. The van der Waals surface area contributed by atoms with Gasteiger partial charge in [0.1, 0.15) is 11.9 Å². The van der Waals surface area contributed by atoms with E-state index in [0.29, 0.717) is 105 Å². The van der Waals surface area contributed by atoms with Crippen molar-refractivity contribution in [2.45, 2.75) is 109 Å². The number of halogens is 1. The van der Waals surface area contributed by atoms with Gasteiger partial charge in [-0.3, -0.25) is 38.6 Å². The van der Waals surface area contributed by atoms with E-state index in [9.17, 15) is 28.8 Å². The van der Waals surface area contributed by atoms with Gasteiger partial charge in [0, 0.05) is 101 Å². The predicted octanol–water partition coefficient (Wildman–Crippen LogP) is 5.66. The van der Waals surface area contributed by atoms with Crippen LogP contribution in [0.1, 0.15) is 128 Å². The first-order valence-electron chi connectivity index (χ1n) is 28.5. The van der Waals surface area contributed by atoms with Gasteiger partial charge < -0.3 is 30.2 Å². The van der Waals surface area contributed by atoms with Gasteiger partial charge in [0.15, 0.2) is 0 Å². The summed E-state index contributed by atoms with van der Waals surface area (Å²) in [5.41, 5.74) is 2.65. The molecule has 0 radical (unpaired) electrons. The second kappa shape index (κ2) is 25.9. The highest BCUT2D eigenvalue weighted by atomic mass is 19.1. The maximum Gasteiger partial charge on any atom is 0.272 e. The second-order valence-corrected chi connectivity index (χ2v) is 21.9. The number of rotatable bonds is 15. The lowest BCUT2D eigenvalue weighted by Crippen LogP contribution is -2.57. The zero-order valence-corrected chi connectivity index (χ0v) is 44.8. The molecule has 5 heterocycles. The van der Waals surface area contributed by atoms with Crippen LogP contribution in [0.25, 0.3) is 10.8 Å². The molecule has 2 aliphatic carbocycles. The third-order valence-electron chi connectivity index (χ3n) is 16.8. The van der Waals surface area contributed by atoms with E-state index in [1.807, 2.05) is 58.9 Å². The van der Waals surface area contributed by atoms with Gasteiger partial charge in [-0.1, -0.05) is 69.5 Å². The second-order valence-electron chi connectivity index (χ2n) is 21.9.